The Morgan fingerprint density at radius 1 is 1.47 bits per heavy atom. The summed E-state index contributed by atoms with van der Waals surface area (Å²) in [6.45, 7) is 3.77. The Morgan fingerprint density at radius 3 is 2.65 bits per heavy atom. The predicted octanol–water partition coefficient (Wildman–Crippen LogP) is 1.34. The third-order valence-electron chi connectivity index (χ3n) is 2.35. The van der Waals surface area contributed by atoms with E-state index in [4.69, 9.17) is 16.2 Å². The number of benzene rings is 1. The summed E-state index contributed by atoms with van der Waals surface area (Å²) in [5.74, 6) is 0.348. The summed E-state index contributed by atoms with van der Waals surface area (Å²) >= 11 is 0. The fourth-order valence-electron chi connectivity index (χ4n) is 1.61. The lowest BCUT2D eigenvalue weighted by molar-refractivity contribution is -0.118. The van der Waals surface area contributed by atoms with E-state index in [2.05, 4.69) is 5.32 Å². The largest absolute Gasteiger partial charge is 0.497 e. The topological polar surface area (TPSA) is 90.4 Å². The van der Waals surface area contributed by atoms with Gasteiger partial charge >= 0.3 is 0 Å². The average Bonchev–Trinajstić information content (AvgIpc) is 2.19. The molecule has 1 rings (SSSR count). The van der Waals surface area contributed by atoms with Crippen LogP contribution >= 0.6 is 0 Å². The lowest BCUT2D eigenvalue weighted by Crippen LogP contribution is -2.36. The van der Waals surface area contributed by atoms with Gasteiger partial charge in [-0.1, -0.05) is 0 Å². The number of methoxy groups -OCH3 is 1. The van der Waals surface area contributed by atoms with E-state index in [1.165, 1.54) is 0 Å². The quantitative estimate of drug-likeness (QED) is 0.674. The minimum atomic E-state index is -0.452. The molecule has 1 aromatic carbocycles. The lowest BCUT2D eigenvalue weighted by Gasteiger charge is -2.27. The number of nitrogens with two attached hydrogens (primary N) is 2. The van der Waals surface area contributed by atoms with E-state index in [9.17, 15) is 4.79 Å². The second-order valence-corrected chi connectivity index (χ2v) is 4.61. The van der Waals surface area contributed by atoms with Crippen LogP contribution in [0.15, 0.2) is 18.2 Å². The highest BCUT2D eigenvalue weighted by Gasteiger charge is 2.21. The zero-order valence-corrected chi connectivity index (χ0v) is 10.4. The maximum absolute atomic E-state index is 10.9. The molecule has 0 radical (unpaired) electrons. The first-order chi connectivity index (χ1) is 7.84. The van der Waals surface area contributed by atoms with E-state index in [0.717, 1.165) is 5.69 Å². The molecule has 5 nitrogen and oxygen atoms in total. The van der Waals surface area contributed by atoms with Crippen LogP contribution in [-0.2, 0) is 4.79 Å². The van der Waals surface area contributed by atoms with Gasteiger partial charge in [-0.2, -0.15) is 0 Å². The van der Waals surface area contributed by atoms with Gasteiger partial charge in [0.1, 0.15) is 5.75 Å². The van der Waals surface area contributed by atoms with Crippen molar-refractivity contribution in [3.63, 3.8) is 0 Å². The number of amides is 1. The standard InChI is InChI=1S/C12H19N3O2/c1-12(2,7-11(14)16)15-10-6-8(17-3)4-5-9(10)13/h4-6,15H,7,13H2,1-3H3,(H2,14,16). The molecule has 94 valence electrons. The third-order valence-corrected chi connectivity index (χ3v) is 2.35. The highest BCUT2D eigenvalue weighted by Crippen LogP contribution is 2.28. The molecule has 1 aromatic rings. The van der Waals surface area contributed by atoms with E-state index in [1.54, 1.807) is 25.3 Å². The van der Waals surface area contributed by atoms with Gasteiger partial charge in [-0.05, 0) is 26.0 Å². The third kappa shape index (κ3) is 3.86. The molecule has 17 heavy (non-hydrogen) atoms. The van der Waals surface area contributed by atoms with Gasteiger partial charge in [0, 0.05) is 18.0 Å². The van der Waals surface area contributed by atoms with Crippen molar-refractivity contribution < 1.29 is 9.53 Å². The first-order valence-electron chi connectivity index (χ1n) is 5.34. The monoisotopic (exact) mass is 237 g/mol. The van der Waals surface area contributed by atoms with Crippen LogP contribution in [0.5, 0.6) is 5.75 Å². The molecule has 0 saturated heterocycles. The molecule has 0 saturated carbocycles. The van der Waals surface area contributed by atoms with Gasteiger partial charge in [0.15, 0.2) is 0 Å². The van der Waals surface area contributed by atoms with Crippen molar-refractivity contribution in [3.8, 4) is 5.75 Å². The van der Waals surface area contributed by atoms with E-state index < -0.39 is 5.54 Å². The number of hydrogen-bond acceptors (Lipinski definition) is 4. The predicted molar refractivity (Wildman–Crippen MR) is 68.9 cm³/mol. The molecule has 0 aliphatic carbocycles. The van der Waals surface area contributed by atoms with Crippen LogP contribution in [0.1, 0.15) is 20.3 Å². The molecule has 0 fully saturated rings. The van der Waals surface area contributed by atoms with Crippen molar-refractivity contribution in [3.05, 3.63) is 18.2 Å². The molecule has 5 N–H and O–H groups in total. The summed E-state index contributed by atoms with van der Waals surface area (Å²) in [6, 6.07) is 5.32. The van der Waals surface area contributed by atoms with Crippen LogP contribution in [0.2, 0.25) is 0 Å². The minimum absolute atomic E-state index is 0.226. The molecular formula is C12H19N3O2. The lowest BCUT2D eigenvalue weighted by atomic mass is 9.99. The number of primary amides is 1. The van der Waals surface area contributed by atoms with Gasteiger partial charge in [0.25, 0.3) is 0 Å². The number of ether oxygens (including phenoxy) is 1. The minimum Gasteiger partial charge on any atom is -0.497 e. The number of carbonyl (C=O) groups is 1. The Hall–Kier alpha value is -1.91. The summed E-state index contributed by atoms with van der Waals surface area (Å²) in [4.78, 5) is 10.9. The second-order valence-electron chi connectivity index (χ2n) is 4.61. The molecule has 0 bridgehead atoms. The van der Waals surface area contributed by atoms with Crippen LogP contribution in [0, 0.1) is 0 Å². The normalized spacial score (nSPS) is 11.0. The fraction of sp³-hybridized carbons (Fsp3) is 0.417. The molecular weight excluding hydrogens is 218 g/mol. The smallest absolute Gasteiger partial charge is 0.219 e. The van der Waals surface area contributed by atoms with Crippen molar-refractivity contribution in [2.75, 3.05) is 18.2 Å². The second kappa shape index (κ2) is 4.95. The zero-order chi connectivity index (χ0) is 13.1. The average molecular weight is 237 g/mol. The van der Waals surface area contributed by atoms with Gasteiger partial charge in [-0.15, -0.1) is 0 Å². The number of anilines is 2. The Morgan fingerprint density at radius 2 is 2.12 bits per heavy atom. The summed E-state index contributed by atoms with van der Waals surface area (Å²) in [5, 5.41) is 3.19. The Kier molecular flexibility index (Phi) is 3.83. The van der Waals surface area contributed by atoms with E-state index >= 15 is 0 Å². The number of nitrogens with one attached hydrogen (secondary N) is 1. The number of hydrogen-bond donors (Lipinski definition) is 3. The molecule has 0 spiro atoms. The maximum atomic E-state index is 10.9. The summed E-state index contributed by atoms with van der Waals surface area (Å²) in [6.07, 6.45) is 0.226. The first-order valence-corrected chi connectivity index (χ1v) is 5.34. The molecule has 5 heteroatoms. The van der Waals surface area contributed by atoms with Gasteiger partial charge < -0.3 is 21.5 Å². The van der Waals surface area contributed by atoms with Gasteiger partial charge in [-0.25, -0.2) is 0 Å². The van der Waals surface area contributed by atoms with Crippen LogP contribution in [-0.4, -0.2) is 18.6 Å². The first kappa shape index (κ1) is 13.2. The molecule has 1 amide bonds. The van der Waals surface area contributed by atoms with Crippen molar-refractivity contribution in [2.45, 2.75) is 25.8 Å². The fourth-order valence-corrected chi connectivity index (χ4v) is 1.61. The van der Waals surface area contributed by atoms with Crippen LogP contribution < -0.4 is 21.5 Å². The maximum Gasteiger partial charge on any atom is 0.219 e. The van der Waals surface area contributed by atoms with Gasteiger partial charge in [0.2, 0.25) is 5.91 Å². The van der Waals surface area contributed by atoms with Crippen molar-refractivity contribution in [1.29, 1.82) is 0 Å². The van der Waals surface area contributed by atoms with Gasteiger partial charge in [0.05, 0.1) is 18.5 Å². The van der Waals surface area contributed by atoms with E-state index in [0.29, 0.717) is 11.4 Å². The van der Waals surface area contributed by atoms with E-state index in [-0.39, 0.29) is 12.3 Å². The molecule has 0 aliphatic heterocycles. The van der Waals surface area contributed by atoms with Crippen molar-refractivity contribution >= 4 is 17.3 Å². The summed E-state index contributed by atoms with van der Waals surface area (Å²) in [7, 11) is 1.59. The SMILES string of the molecule is COc1ccc(N)c(NC(C)(C)CC(N)=O)c1. The highest BCUT2D eigenvalue weighted by atomic mass is 16.5. The van der Waals surface area contributed by atoms with Crippen molar-refractivity contribution in [2.24, 2.45) is 5.73 Å². The Labute approximate surface area is 101 Å². The molecule has 0 atom stereocenters. The molecule has 0 aliphatic rings. The van der Waals surface area contributed by atoms with Crippen molar-refractivity contribution in [1.82, 2.24) is 0 Å². The summed E-state index contributed by atoms with van der Waals surface area (Å²) < 4.78 is 5.12. The Balaban J connectivity index is 2.89. The molecule has 0 heterocycles. The number of nitrogen functional groups attached to an aromatic ring is 1. The van der Waals surface area contributed by atoms with Crippen LogP contribution in [0.3, 0.4) is 0 Å². The number of rotatable bonds is 5. The Bertz CT molecular complexity index is 416. The van der Waals surface area contributed by atoms with Gasteiger partial charge in [-0.3, -0.25) is 4.79 Å². The number of carbonyl (C=O) groups excluding carboxylic acids is 1. The van der Waals surface area contributed by atoms with E-state index in [1.807, 2.05) is 13.8 Å². The molecule has 0 aromatic heterocycles. The summed E-state index contributed by atoms with van der Waals surface area (Å²) in [5.41, 5.74) is 11.9. The molecule has 0 unspecified atom stereocenters. The van der Waals surface area contributed by atoms with Crippen LogP contribution in [0.25, 0.3) is 0 Å². The zero-order valence-electron chi connectivity index (χ0n) is 10.4. The van der Waals surface area contributed by atoms with Crippen LogP contribution in [0.4, 0.5) is 11.4 Å². The highest BCUT2D eigenvalue weighted by molar-refractivity contribution is 5.76.